The van der Waals surface area contributed by atoms with E-state index in [9.17, 15) is 0 Å². The maximum absolute atomic E-state index is 9.07. The predicted molar refractivity (Wildman–Crippen MR) is 63.9 cm³/mol. The van der Waals surface area contributed by atoms with Gasteiger partial charge in [0.15, 0.2) is 0 Å². The third kappa shape index (κ3) is 3.86. The first-order valence-electron chi connectivity index (χ1n) is 4.46. The number of halogens is 2. The Labute approximate surface area is 97.4 Å². The van der Waals surface area contributed by atoms with Crippen LogP contribution in [0.25, 0.3) is 0 Å². The third-order valence-corrected chi connectivity index (χ3v) is 2.63. The average molecular weight is 279 g/mol. The van der Waals surface area contributed by atoms with Crippen molar-refractivity contribution in [3.63, 3.8) is 0 Å². The fourth-order valence-corrected chi connectivity index (χ4v) is 1.59. The molecule has 2 nitrogen and oxygen atoms in total. The summed E-state index contributed by atoms with van der Waals surface area (Å²) >= 11 is 9.33. The lowest BCUT2D eigenvalue weighted by molar-refractivity contribution is 0.189. The van der Waals surface area contributed by atoms with Gasteiger partial charge >= 0.3 is 0 Å². The first kappa shape index (κ1) is 11.8. The minimum Gasteiger partial charge on any atom is -0.393 e. The van der Waals surface area contributed by atoms with Crippen molar-refractivity contribution >= 4 is 33.2 Å². The Morgan fingerprint density at radius 2 is 2.29 bits per heavy atom. The van der Waals surface area contributed by atoms with E-state index in [-0.39, 0.29) is 6.10 Å². The van der Waals surface area contributed by atoms with Crippen LogP contribution in [0, 0.1) is 0 Å². The van der Waals surface area contributed by atoms with Gasteiger partial charge in [-0.05, 0) is 31.5 Å². The standard InChI is InChI=1S/C10H13BrClNO/c1-7(14)4-5-13-10-6-8(11)2-3-9(10)12/h2-3,6-7,13-14H,4-5H2,1H3. The molecule has 1 aromatic carbocycles. The van der Waals surface area contributed by atoms with Crippen molar-refractivity contribution < 1.29 is 5.11 Å². The fourth-order valence-electron chi connectivity index (χ4n) is 1.05. The zero-order valence-corrected chi connectivity index (χ0v) is 10.3. The van der Waals surface area contributed by atoms with E-state index in [1.165, 1.54) is 0 Å². The Bertz CT molecular complexity index is 304. The van der Waals surface area contributed by atoms with Gasteiger partial charge in [0.1, 0.15) is 0 Å². The largest absolute Gasteiger partial charge is 0.393 e. The number of anilines is 1. The molecule has 0 fully saturated rings. The lowest BCUT2D eigenvalue weighted by atomic mass is 10.2. The van der Waals surface area contributed by atoms with Crippen molar-refractivity contribution in [3.8, 4) is 0 Å². The van der Waals surface area contributed by atoms with Crippen molar-refractivity contribution in [1.29, 1.82) is 0 Å². The van der Waals surface area contributed by atoms with Gasteiger partial charge in [-0.3, -0.25) is 0 Å². The number of hydrogen-bond acceptors (Lipinski definition) is 2. The van der Waals surface area contributed by atoms with Crippen molar-refractivity contribution in [2.75, 3.05) is 11.9 Å². The maximum atomic E-state index is 9.07. The zero-order valence-electron chi connectivity index (χ0n) is 7.93. The molecule has 0 radical (unpaired) electrons. The van der Waals surface area contributed by atoms with E-state index in [1.54, 1.807) is 6.92 Å². The Kier molecular flexibility index (Phi) is 4.72. The van der Waals surface area contributed by atoms with Crippen molar-refractivity contribution in [1.82, 2.24) is 0 Å². The summed E-state index contributed by atoms with van der Waals surface area (Å²) in [6, 6.07) is 5.64. The minimum absolute atomic E-state index is 0.284. The van der Waals surface area contributed by atoms with E-state index < -0.39 is 0 Å². The number of hydrogen-bond donors (Lipinski definition) is 2. The van der Waals surface area contributed by atoms with E-state index in [1.807, 2.05) is 18.2 Å². The molecule has 0 saturated carbocycles. The summed E-state index contributed by atoms with van der Waals surface area (Å²) in [6.07, 6.45) is 0.427. The molecule has 0 aliphatic heterocycles. The molecule has 78 valence electrons. The molecule has 0 aliphatic rings. The highest BCUT2D eigenvalue weighted by molar-refractivity contribution is 9.10. The smallest absolute Gasteiger partial charge is 0.0638 e. The third-order valence-electron chi connectivity index (χ3n) is 1.81. The molecule has 0 bridgehead atoms. The van der Waals surface area contributed by atoms with Crippen LogP contribution in [0.5, 0.6) is 0 Å². The molecule has 1 atom stereocenters. The second-order valence-corrected chi connectivity index (χ2v) is 4.51. The second-order valence-electron chi connectivity index (χ2n) is 3.19. The SMILES string of the molecule is CC(O)CCNc1cc(Br)ccc1Cl. The van der Waals surface area contributed by atoms with E-state index >= 15 is 0 Å². The highest BCUT2D eigenvalue weighted by Gasteiger charge is 2.01. The lowest BCUT2D eigenvalue weighted by Crippen LogP contribution is -2.09. The Balaban J connectivity index is 2.53. The van der Waals surface area contributed by atoms with Gasteiger partial charge in [0.25, 0.3) is 0 Å². The first-order valence-corrected chi connectivity index (χ1v) is 5.63. The van der Waals surface area contributed by atoms with E-state index in [0.29, 0.717) is 18.0 Å². The lowest BCUT2D eigenvalue weighted by Gasteiger charge is -2.09. The average Bonchev–Trinajstić information content (AvgIpc) is 2.10. The van der Waals surface area contributed by atoms with Gasteiger partial charge in [-0.15, -0.1) is 0 Å². The molecule has 1 unspecified atom stereocenters. The number of rotatable bonds is 4. The van der Waals surface area contributed by atoms with Gasteiger partial charge in [0, 0.05) is 11.0 Å². The quantitative estimate of drug-likeness (QED) is 0.886. The Morgan fingerprint density at radius 3 is 2.93 bits per heavy atom. The normalized spacial score (nSPS) is 12.6. The highest BCUT2D eigenvalue weighted by atomic mass is 79.9. The molecule has 0 saturated heterocycles. The zero-order chi connectivity index (χ0) is 10.6. The van der Waals surface area contributed by atoms with E-state index in [4.69, 9.17) is 16.7 Å². The minimum atomic E-state index is -0.284. The van der Waals surface area contributed by atoms with Gasteiger partial charge in [0.05, 0.1) is 16.8 Å². The molecule has 2 N–H and O–H groups in total. The monoisotopic (exact) mass is 277 g/mol. The molecular formula is C10H13BrClNO. The molecule has 1 rings (SSSR count). The summed E-state index contributed by atoms with van der Waals surface area (Å²) < 4.78 is 0.987. The number of nitrogens with one attached hydrogen (secondary N) is 1. The van der Waals surface area contributed by atoms with Crippen molar-refractivity contribution in [3.05, 3.63) is 27.7 Å². The summed E-state index contributed by atoms with van der Waals surface area (Å²) in [5, 5.41) is 12.9. The van der Waals surface area contributed by atoms with Gasteiger partial charge in [-0.2, -0.15) is 0 Å². The number of aliphatic hydroxyl groups excluding tert-OH is 1. The van der Waals surface area contributed by atoms with Crippen LogP contribution < -0.4 is 5.32 Å². The summed E-state index contributed by atoms with van der Waals surface area (Å²) in [6.45, 7) is 2.48. The molecular weight excluding hydrogens is 265 g/mol. The fraction of sp³-hybridized carbons (Fsp3) is 0.400. The van der Waals surface area contributed by atoms with Gasteiger partial charge in [0.2, 0.25) is 0 Å². The molecule has 0 amide bonds. The Morgan fingerprint density at radius 1 is 1.57 bits per heavy atom. The van der Waals surface area contributed by atoms with Crippen LogP contribution in [0.3, 0.4) is 0 Å². The van der Waals surface area contributed by atoms with E-state index in [0.717, 1.165) is 10.2 Å². The topological polar surface area (TPSA) is 32.3 Å². The molecule has 0 aromatic heterocycles. The molecule has 0 heterocycles. The van der Waals surface area contributed by atoms with Crippen molar-refractivity contribution in [2.24, 2.45) is 0 Å². The van der Waals surface area contributed by atoms with Gasteiger partial charge < -0.3 is 10.4 Å². The van der Waals surface area contributed by atoms with Crippen LogP contribution in [0.4, 0.5) is 5.69 Å². The molecule has 1 aromatic rings. The van der Waals surface area contributed by atoms with Crippen LogP contribution in [0.1, 0.15) is 13.3 Å². The van der Waals surface area contributed by atoms with Crippen LogP contribution in [-0.4, -0.2) is 17.8 Å². The number of aliphatic hydroxyl groups is 1. The molecule has 14 heavy (non-hydrogen) atoms. The molecule has 4 heteroatoms. The summed E-state index contributed by atoms with van der Waals surface area (Å²) in [5.74, 6) is 0. The van der Waals surface area contributed by atoms with Gasteiger partial charge in [-0.1, -0.05) is 27.5 Å². The van der Waals surface area contributed by atoms with Crippen molar-refractivity contribution in [2.45, 2.75) is 19.4 Å². The van der Waals surface area contributed by atoms with Crippen LogP contribution in [0.2, 0.25) is 5.02 Å². The van der Waals surface area contributed by atoms with Crippen LogP contribution in [-0.2, 0) is 0 Å². The highest BCUT2D eigenvalue weighted by Crippen LogP contribution is 2.25. The predicted octanol–water partition coefficient (Wildman–Crippen LogP) is 3.29. The summed E-state index contributed by atoms with van der Waals surface area (Å²) in [5.41, 5.74) is 0.890. The Hall–Kier alpha value is -0.250. The first-order chi connectivity index (χ1) is 6.59. The molecule has 0 spiro atoms. The summed E-state index contributed by atoms with van der Waals surface area (Å²) in [4.78, 5) is 0. The molecule has 0 aliphatic carbocycles. The van der Waals surface area contributed by atoms with Crippen LogP contribution in [0.15, 0.2) is 22.7 Å². The second kappa shape index (κ2) is 5.59. The summed E-state index contributed by atoms with van der Waals surface area (Å²) in [7, 11) is 0. The van der Waals surface area contributed by atoms with Gasteiger partial charge in [-0.25, -0.2) is 0 Å². The number of benzene rings is 1. The maximum Gasteiger partial charge on any atom is 0.0638 e. The van der Waals surface area contributed by atoms with E-state index in [2.05, 4.69) is 21.2 Å². The van der Waals surface area contributed by atoms with Crippen LogP contribution >= 0.6 is 27.5 Å².